The second-order valence-electron chi connectivity index (χ2n) is 8.96. The van der Waals surface area contributed by atoms with E-state index in [9.17, 15) is 0 Å². The maximum atomic E-state index is 5.80. The molecule has 0 saturated carbocycles. The molecular formula is C26H24O2Si. The predicted molar refractivity (Wildman–Crippen MR) is 119 cm³/mol. The number of ether oxygens (including phenoxy) is 2. The highest BCUT2D eigenvalue weighted by molar-refractivity contribution is 6.87. The lowest BCUT2D eigenvalue weighted by Gasteiger charge is -2.35. The fraction of sp³-hybridized carbons (Fsp3) is 0.231. The van der Waals surface area contributed by atoms with Crippen LogP contribution in [0, 0.1) is 0 Å². The van der Waals surface area contributed by atoms with Gasteiger partial charge in [0.05, 0.1) is 8.07 Å². The maximum absolute atomic E-state index is 5.80. The summed E-state index contributed by atoms with van der Waals surface area (Å²) in [5, 5.41) is 1.56. The molecular weight excluding hydrogens is 372 g/mol. The monoisotopic (exact) mass is 396 g/mol. The molecule has 1 aliphatic heterocycles. The highest BCUT2D eigenvalue weighted by Crippen LogP contribution is 2.54. The van der Waals surface area contributed by atoms with Crippen molar-refractivity contribution in [1.82, 2.24) is 0 Å². The highest BCUT2D eigenvalue weighted by Gasteiger charge is 2.46. The molecule has 4 aliphatic rings. The topological polar surface area (TPSA) is 18.5 Å². The summed E-state index contributed by atoms with van der Waals surface area (Å²) in [7, 11) is -1.92. The molecule has 2 aromatic rings. The standard InChI is InChI=1S/C26H24O2Si/c1-16-12-17-13-23-24(28-15-27-23)14-22(17)25(16)29(2,3)26-20-10-6-4-8-18(20)19-9-5-7-11-21(19)26/h4-14,24,26H,15H2,1-3H3. The second kappa shape index (κ2) is 5.94. The first kappa shape index (κ1) is 17.3. The molecule has 0 bridgehead atoms. The van der Waals surface area contributed by atoms with Crippen LogP contribution in [-0.4, -0.2) is 21.0 Å². The fourth-order valence-corrected chi connectivity index (χ4v) is 10.2. The molecule has 1 atom stereocenters. The Bertz CT molecular complexity index is 1130. The third-order valence-corrected chi connectivity index (χ3v) is 10.9. The van der Waals surface area contributed by atoms with E-state index < -0.39 is 8.07 Å². The summed E-state index contributed by atoms with van der Waals surface area (Å²) in [4.78, 5) is 0. The summed E-state index contributed by atoms with van der Waals surface area (Å²) < 4.78 is 11.5. The lowest BCUT2D eigenvalue weighted by molar-refractivity contribution is 0.0629. The average Bonchev–Trinajstić information content (AvgIpc) is 3.38. The summed E-state index contributed by atoms with van der Waals surface area (Å²) in [6.45, 7) is 7.71. The van der Waals surface area contributed by atoms with Crippen LogP contribution >= 0.6 is 0 Å². The van der Waals surface area contributed by atoms with E-state index in [0.29, 0.717) is 12.3 Å². The minimum Gasteiger partial charge on any atom is -0.469 e. The third-order valence-electron chi connectivity index (χ3n) is 6.92. The van der Waals surface area contributed by atoms with Crippen LogP contribution < -0.4 is 0 Å². The number of hydrogen-bond donors (Lipinski definition) is 0. The Kier molecular flexibility index (Phi) is 3.54. The van der Waals surface area contributed by atoms with Crippen molar-refractivity contribution in [3.8, 4) is 11.1 Å². The molecule has 0 spiro atoms. The Hall–Kier alpha value is -2.62. The van der Waals surface area contributed by atoms with Crippen LogP contribution in [0.2, 0.25) is 13.1 Å². The molecule has 1 fully saturated rings. The van der Waals surface area contributed by atoms with E-state index >= 15 is 0 Å². The third kappa shape index (κ3) is 2.32. The van der Waals surface area contributed by atoms with Crippen LogP contribution in [-0.2, 0) is 9.47 Å². The van der Waals surface area contributed by atoms with E-state index in [1.165, 1.54) is 39.0 Å². The van der Waals surface area contributed by atoms with Gasteiger partial charge >= 0.3 is 0 Å². The molecule has 2 nitrogen and oxygen atoms in total. The van der Waals surface area contributed by atoms with Gasteiger partial charge in [0.25, 0.3) is 0 Å². The minimum atomic E-state index is -1.92. The van der Waals surface area contributed by atoms with Gasteiger partial charge in [-0.1, -0.05) is 73.3 Å². The summed E-state index contributed by atoms with van der Waals surface area (Å²) in [5.41, 5.74) is 10.3. The van der Waals surface area contributed by atoms with Crippen molar-refractivity contribution in [3.05, 3.63) is 106 Å². The fourth-order valence-electron chi connectivity index (χ4n) is 5.87. The van der Waals surface area contributed by atoms with Crippen molar-refractivity contribution in [1.29, 1.82) is 0 Å². The van der Waals surface area contributed by atoms with Crippen molar-refractivity contribution in [2.75, 3.05) is 6.79 Å². The minimum absolute atomic E-state index is 0.0315. The number of benzene rings is 2. The first-order valence-electron chi connectivity index (χ1n) is 10.4. The first-order valence-corrected chi connectivity index (χ1v) is 13.4. The zero-order chi connectivity index (χ0) is 19.8. The van der Waals surface area contributed by atoms with Crippen LogP contribution in [0.4, 0.5) is 0 Å². The Labute approximate surface area is 172 Å². The Morgan fingerprint density at radius 2 is 1.55 bits per heavy atom. The molecule has 29 heavy (non-hydrogen) atoms. The molecule has 0 amide bonds. The lowest BCUT2D eigenvalue weighted by Crippen LogP contribution is -2.39. The summed E-state index contributed by atoms with van der Waals surface area (Å²) >= 11 is 0. The van der Waals surface area contributed by atoms with E-state index in [0.717, 1.165) is 5.76 Å². The quantitative estimate of drug-likeness (QED) is 0.576. The predicted octanol–water partition coefficient (Wildman–Crippen LogP) is 6.04. The number of allylic oxidation sites excluding steroid dienone is 6. The molecule has 3 heteroatoms. The van der Waals surface area contributed by atoms with Crippen LogP contribution in [0.25, 0.3) is 11.1 Å². The molecule has 1 heterocycles. The van der Waals surface area contributed by atoms with Crippen LogP contribution in [0.15, 0.2) is 94.4 Å². The van der Waals surface area contributed by atoms with Crippen LogP contribution in [0.3, 0.4) is 0 Å². The molecule has 2 aromatic carbocycles. The molecule has 144 valence electrons. The van der Waals surface area contributed by atoms with Crippen LogP contribution in [0.5, 0.6) is 0 Å². The Balaban J connectivity index is 1.51. The van der Waals surface area contributed by atoms with E-state index in [4.69, 9.17) is 9.47 Å². The van der Waals surface area contributed by atoms with Crippen molar-refractivity contribution < 1.29 is 9.47 Å². The molecule has 0 radical (unpaired) electrons. The highest BCUT2D eigenvalue weighted by atomic mass is 28.3. The Morgan fingerprint density at radius 3 is 2.24 bits per heavy atom. The van der Waals surface area contributed by atoms with Crippen molar-refractivity contribution >= 4 is 8.07 Å². The lowest BCUT2D eigenvalue weighted by atomic mass is 10.00. The molecule has 6 rings (SSSR count). The summed E-state index contributed by atoms with van der Waals surface area (Å²) in [6.07, 6.45) is 6.79. The van der Waals surface area contributed by atoms with Gasteiger partial charge in [-0.25, -0.2) is 0 Å². The smallest absolute Gasteiger partial charge is 0.189 e. The van der Waals surface area contributed by atoms with Gasteiger partial charge in [-0.05, 0) is 57.7 Å². The largest absolute Gasteiger partial charge is 0.469 e. The number of hydrogen-bond acceptors (Lipinski definition) is 2. The van der Waals surface area contributed by atoms with Crippen LogP contribution in [0.1, 0.15) is 23.6 Å². The average molecular weight is 397 g/mol. The van der Waals surface area contributed by atoms with Gasteiger partial charge in [0.15, 0.2) is 6.79 Å². The second-order valence-corrected chi connectivity index (χ2v) is 13.5. The van der Waals surface area contributed by atoms with E-state index in [2.05, 4.69) is 86.8 Å². The van der Waals surface area contributed by atoms with Gasteiger partial charge in [-0.2, -0.15) is 0 Å². The zero-order valence-electron chi connectivity index (χ0n) is 17.0. The van der Waals surface area contributed by atoms with Crippen molar-refractivity contribution in [3.63, 3.8) is 0 Å². The molecule has 1 saturated heterocycles. The molecule has 3 aliphatic carbocycles. The first-order chi connectivity index (χ1) is 14.1. The van der Waals surface area contributed by atoms with Gasteiger partial charge in [0.2, 0.25) is 0 Å². The molecule has 1 unspecified atom stereocenters. The van der Waals surface area contributed by atoms with E-state index in [1.807, 2.05) is 0 Å². The van der Waals surface area contributed by atoms with E-state index in [-0.39, 0.29) is 6.10 Å². The van der Waals surface area contributed by atoms with Crippen molar-refractivity contribution in [2.45, 2.75) is 31.7 Å². The molecule has 0 N–H and O–H groups in total. The molecule has 0 aromatic heterocycles. The van der Waals surface area contributed by atoms with Gasteiger partial charge in [0.1, 0.15) is 11.9 Å². The summed E-state index contributed by atoms with van der Waals surface area (Å²) in [6, 6.07) is 18.0. The number of fused-ring (bicyclic) bond motifs is 5. The van der Waals surface area contributed by atoms with Gasteiger partial charge in [-0.15, -0.1) is 0 Å². The zero-order valence-corrected chi connectivity index (χ0v) is 18.0. The van der Waals surface area contributed by atoms with E-state index in [1.54, 1.807) is 5.20 Å². The summed E-state index contributed by atoms with van der Waals surface area (Å²) in [5.74, 6) is 0.949. The van der Waals surface area contributed by atoms with Crippen molar-refractivity contribution in [2.24, 2.45) is 0 Å². The Morgan fingerprint density at radius 1 is 0.897 bits per heavy atom. The number of rotatable bonds is 2. The maximum Gasteiger partial charge on any atom is 0.189 e. The van der Waals surface area contributed by atoms with Gasteiger partial charge in [0, 0.05) is 5.54 Å². The van der Waals surface area contributed by atoms with Gasteiger partial charge < -0.3 is 9.47 Å². The SMILES string of the molecule is CC1=C([Si](C)(C)C2c3ccccc3-c3ccccc32)C2=CC3OCOC3=CC2=C1. The normalized spacial score (nSPS) is 22.3. The van der Waals surface area contributed by atoms with Gasteiger partial charge in [-0.3, -0.25) is 0 Å².